The molecular weight excluding hydrogens is 186 g/mol. The highest BCUT2D eigenvalue weighted by molar-refractivity contribution is 4.72. The molecule has 0 aromatic carbocycles. The lowest BCUT2D eigenvalue weighted by Crippen LogP contribution is -2.27. The Labute approximate surface area is 94.8 Å². The molecule has 3 unspecified atom stereocenters. The van der Waals surface area contributed by atoms with Gasteiger partial charge in [-0.15, -0.1) is 0 Å². The lowest BCUT2D eigenvalue weighted by atomic mass is 9.85. The van der Waals surface area contributed by atoms with Crippen LogP contribution in [0.25, 0.3) is 0 Å². The maximum atomic E-state index is 5.95. The molecule has 0 aliphatic heterocycles. The van der Waals surface area contributed by atoms with Crippen LogP contribution in [-0.2, 0) is 4.74 Å². The predicted octanol–water partition coefficient (Wildman–Crippen LogP) is 2.97. The van der Waals surface area contributed by atoms with Gasteiger partial charge in [0.2, 0.25) is 0 Å². The van der Waals surface area contributed by atoms with Crippen molar-refractivity contribution in [3.05, 3.63) is 0 Å². The Bertz CT molecular complexity index is 161. The van der Waals surface area contributed by atoms with Crippen molar-refractivity contribution < 1.29 is 4.74 Å². The molecule has 1 aliphatic carbocycles. The molecule has 3 atom stereocenters. The number of hydrogen-bond donors (Lipinski definition) is 1. The van der Waals surface area contributed by atoms with Crippen molar-refractivity contribution in [2.45, 2.75) is 64.5 Å². The Morgan fingerprint density at radius 2 is 2.20 bits per heavy atom. The van der Waals surface area contributed by atoms with Crippen LogP contribution < -0.4 is 5.32 Å². The van der Waals surface area contributed by atoms with Gasteiger partial charge in [0.1, 0.15) is 0 Å². The standard InChI is InChI=1S/C13H27NO/c1-4-12-6-5-7-13(10-12)15-9-8-11(2)14-3/h11-14H,4-10H2,1-3H3. The van der Waals surface area contributed by atoms with E-state index in [2.05, 4.69) is 19.2 Å². The van der Waals surface area contributed by atoms with E-state index in [1.165, 1.54) is 32.1 Å². The van der Waals surface area contributed by atoms with Crippen molar-refractivity contribution in [1.29, 1.82) is 0 Å². The molecule has 0 aromatic rings. The van der Waals surface area contributed by atoms with Crippen LogP contribution in [0.3, 0.4) is 0 Å². The molecule has 0 radical (unpaired) electrons. The first-order chi connectivity index (χ1) is 7.26. The highest BCUT2D eigenvalue weighted by Crippen LogP contribution is 2.28. The molecule has 0 amide bonds. The number of hydrogen-bond acceptors (Lipinski definition) is 2. The predicted molar refractivity (Wildman–Crippen MR) is 65.1 cm³/mol. The second-order valence-electron chi connectivity index (χ2n) is 4.91. The third kappa shape index (κ3) is 4.98. The number of rotatable bonds is 6. The summed E-state index contributed by atoms with van der Waals surface area (Å²) < 4.78 is 5.95. The van der Waals surface area contributed by atoms with E-state index in [9.17, 15) is 0 Å². The van der Waals surface area contributed by atoms with Crippen molar-refractivity contribution in [2.75, 3.05) is 13.7 Å². The third-order valence-electron chi connectivity index (χ3n) is 3.71. The fraction of sp³-hybridized carbons (Fsp3) is 1.00. The normalized spacial score (nSPS) is 29.0. The maximum absolute atomic E-state index is 5.95. The van der Waals surface area contributed by atoms with E-state index in [0.717, 1.165) is 18.9 Å². The smallest absolute Gasteiger partial charge is 0.0577 e. The zero-order chi connectivity index (χ0) is 11.1. The molecule has 1 N–H and O–H groups in total. The minimum absolute atomic E-state index is 0.549. The zero-order valence-corrected chi connectivity index (χ0v) is 10.6. The molecule has 1 aliphatic rings. The summed E-state index contributed by atoms with van der Waals surface area (Å²) in [6.45, 7) is 5.43. The minimum Gasteiger partial charge on any atom is -0.378 e. The van der Waals surface area contributed by atoms with Crippen molar-refractivity contribution in [2.24, 2.45) is 5.92 Å². The zero-order valence-electron chi connectivity index (χ0n) is 10.6. The summed E-state index contributed by atoms with van der Waals surface area (Å²) in [5, 5.41) is 3.24. The lowest BCUT2D eigenvalue weighted by molar-refractivity contribution is 0.00909. The van der Waals surface area contributed by atoms with Crippen molar-refractivity contribution >= 4 is 0 Å². The quantitative estimate of drug-likeness (QED) is 0.732. The Balaban J connectivity index is 2.10. The molecule has 1 rings (SSSR count). The van der Waals surface area contributed by atoms with Crippen molar-refractivity contribution in [1.82, 2.24) is 5.32 Å². The number of nitrogens with one attached hydrogen (secondary N) is 1. The molecule has 15 heavy (non-hydrogen) atoms. The summed E-state index contributed by atoms with van der Waals surface area (Å²) in [6.07, 6.45) is 8.37. The van der Waals surface area contributed by atoms with Gasteiger partial charge >= 0.3 is 0 Å². The summed E-state index contributed by atoms with van der Waals surface area (Å²) >= 11 is 0. The third-order valence-corrected chi connectivity index (χ3v) is 3.71. The van der Waals surface area contributed by atoms with Crippen LogP contribution in [0.2, 0.25) is 0 Å². The monoisotopic (exact) mass is 213 g/mol. The van der Waals surface area contributed by atoms with Gasteiger partial charge in [-0.05, 0) is 39.2 Å². The molecule has 2 heteroatoms. The largest absolute Gasteiger partial charge is 0.378 e. The fourth-order valence-corrected chi connectivity index (χ4v) is 2.32. The molecule has 1 fully saturated rings. The molecule has 1 saturated carbocycles. The van der Waals surface area contributed by atoms with Crippen LogP contribution in [0.15, 0.2) is 0 Å². The first kappa shape index (κ1) is 13.0. The van der Waals surface area contributed by atoms with Gasteiger partial charge in [-0.1, -0.05) is 26.2 Å². The van der Waals surface area contributed by atoms with Crippen LogP contribution in [0.5, 0.6) is 0 Å². The summed E-state index contributed by atoms with van der Waals surface area (Å²) in [7, 11) is 2.01. The van der Waals surface area contributed by atoms with E-state index in [1.54, 1.807) is 0 Å². The Morgan fingerprint density at radius 3 is 2.87 bits per heavy atom. The highest BCUT2D eigenvalue weighted by Gasteiger charge is 2.20. The molecule has 0 bridgehead atoms. The topological polar surface area (TPSA) is 21.3 Å². The summed E-state index contributed by atoms with van der Waals surface area (Å²) in [6, 6.07) is 0.579. The Morgan fingerprint density at radius 1 is 1.40 bits per heavy atom. The molecule has 0 aromatic heterocycles. The van der Waals surface area contributed by atoms with Gasteiger partial charge in [0.25, 0.3) is 0 Å². The first-order valence-electron chi connectivity index (χ1n) is 6.55. The maximum Gasteiger partial charge on any atom is 0.0577 e. The van der Waals surface area contributed by atoms with Gasteiger partial charge < -0.3 is 10.1 Å². The molecule has 90 valence electrons. The first-order valence-corrected chi connectivity index (χ1v) is 6.55. The van der Waals surface area contributed by atoms with E-state index >= 15 is 0 Å². The van der Waals surface area contributed by atoms with E-state index < -0.39 is 0 Å². The molecule has 0 heterocycles. The van der Waals surface area contributed by atoms with E-state index in [1.807, 2.05) is 7.05 Å². The minimum atomic E-state index is 0.549. The summed E-state index contributed by atoms with van der Waals surface area (Å²) in [4.78, 5) is 0. The Kier molecular flexibility index (Phi) is 6.26. The summed E-state index contributed by atoms with van der Waals surface area (Å²) in [5.41, 5.74) is 0. The van der Waals surface area contributed by atoms with Gasteiger partial charge in [0, 0.05) is 12.6 Å². The van der Waals surface area contributed by atoms with Crippen molar-refractivity contribution in [3.63, 3.8) is 0 Å². The number of ether oxygens (including phenoxy) is 1. The fourth-order valence-electron chi connectivity index (χ4n) is 2.32. The van der Waals surface area contributed by atoms with E-state index in [4.69, 9.17) is 4.74 Å². The second kappa shape index (κ2) is 7.24. The van der Waals surface area contributed by atoms with Crippen LogP contribution in [0, 0.1) is 5.92 Å². The van der Waals surface area contributed by atoms with Gasteiger partial charge in [0.15, 0.2) is 0 Å². The van der Waals surface area contributed by atoms with E-state index in [-0.39, 0.29) is 0 Å². The molecule has 2 nitrogen and oxygen atoms in total. The Hall–Kier alpha value is -0.0800. The second-order valence-corrected chi connectivity index (χ2v) is 4.91. The van der Waals surface area contributed by atoms with Gasteiger partial charge in [-0.3, -0.25) is 0 Å². The van der Waals surface area contributed by atoms with Crippen LogP contribution >= 0.6 is 0 Å². The highest BCUT2D eigenvalue weighted by atomic mass is 16.5. The van der Waals surface area contributed by atoms with Gasteiger partial charge in [0.05, 0.1) is 6.10 Å². The van der Waals surface area contributed by atoms with Gasteiger partial charge in [-0.25, -0.2) is 0 Å². The van der Waals surface area contributed by atoms with E-state index in [0.29, 0.717) is 12.1 Å². The molecule has 0 saturated heterocycles. The average molecular weight is 213 g/mol. The van der Waals surface area contributed by atoms with Crippen LogP contribution in [0.1, 0.15) is 52.4 Å². The molecular formula is C13H27NO. The average Bonchev–Trinajstić information content (AvgIpc) is 2.29. The molecule has 0 spiro atoms. The van der Waals surface area contributed by atoms with Gasteiger partial charge in [-0.2, -0.15) is 0 Å². The van der Waals surface area contributed by atoms with Crippen LogP contribution in [-0.4, -0.2) is 25.8 Å². The SMILES string of the molecule is CCC1CCCC(OCCC(C)NC)C1. The van der Waals surface area contributed by atoms with Crippen molar-refractivity contribution in [3.8, 4) is 0 Å². The van der Waals surface area contributed by atoms with Crippen LogP contribution in [0.4, 0.5) is 0 Å². The lowest BCUT2D eigenvalue weighted by Gasteiger charge is -2.28. The summed E-state index contributed by atoms with van der Waals surface area (Å²) in [5.74, 6) is 0.922.